The standard InChI is InChI=1S/C17H21NO2/c1-13-6-7-15(5-3-11-19)12-16(13)17(20)18-10-2-4-14-8-9-14/h6-7,12,14,19H,2,4,8-11H2,1H3,(H,18,20). The molecule has 20 heavy (non-hydrogen) atoms. The molecule has 0 bridgehead atoms. The lowest BCUT2D eigenvalue weighted by atomic mass is 10.0. The average molecular weight is 271 g/mol. The van der Waals surface area contributed by atoms with Gasteiger partial charge >= 0.3 is 0 Å². The van der Waals surface area contributed by atoms with Gasteiger partial charge in [-0.25, -0.2) is 0 Å². The molecule has 0 aliphatic heterocycles. The molecule has 1 aromatic carbocycles. The Balaban J connectivity index is 1.92. The minimum atomic E-state index is -0.170. The second-order valence-corrected chi connectivity index (χ2v) is 5.33. The fraction of sp³-hybridized carbons (Fsp3) is 0.471. The molecule has 1 saturated carbocycles. The molecule has 0 spiro atoms. The fourth-order valence-electron chi connectivity index (χ4n) is 2.18. The second kappa shape index (κ2) is 7.12. The van der Waals surface area contributed by atoms with E-state index in [9.17, 15) is 4.79 Å². The first-order chi connectivity index (χ1) is 9.70. The van der Waals surface area contributed by atoms with Crippen LogP contribution in [0.3, 0.4) is 0 Å². The zero-order valence-corrected chi connectivity index (χ0v) is 11.9. The lowest BCUT2D eigenvalue weighted by molar-refractivity contribution is 0.0952. The lowest BCUT2D eigenvalue weighted by Crippen LogP contribution is -2.25. The molecule has 1 aliphatic carbocycles. The molecular weight excluding hydrogens is 250 g/mol. The average Bonchev–Trinajstić information content (AvgIpc) is 3.26. The number of aliphatic hydroxyl groups is 1. The first-order valence-corrected chi connectivity index (χ1v) is 7.19. The van der Waals surface area contributed by atoms with E-state index in [-0.39, 0.29) is 12.5 Å². The van der Waals surface area contributed by atoms with Crippen LogP contribution in [0, 0.1) is 24.7 Å². The monoisotopic (exact) mass is 271 g/mol. The third-order valence-electron chi connectivity index (χ3n) is 3.57. The van der Waals surface area contributed by atoms with Crippen LogP contribution >= 0.6 is 0 Å². The summed E-state index contributed by atoms with van der Waals surface area (Å²) in [5.41, 5.74) is 2.37. The van der Waals surface area contributed by atoms with Gasteiger partial charge in [0.2, 0.25) is 0 Å². The van der Waals surface area contributed by atoms with Gasteiger partial charge in [-0.15, -0.1) is 0 Å². The van der Waals surface area contributed by atoms with Crippen LogP contribution in [0.2, 0.25) is 0 Å². The second-order valence-electron chi connectivity index (χ2n) is 5.33. The number of aliphatic hydroxyl groups excluding tert-OH is 1. The van der Waals surface area contributed by atoms with Crippen molar-refractivity contribution in [2.75, 3.05) is 13.2 Å². The van der Waals surface area contributed by atoms with Crippen molar-refractivity contribution in [2.24, 2.45) is 5.92 Å². The van der Waals surface area contributed by atoms with E-state index in [1.807, 2.05) is 19.1 Å². The van der Waals surface area contributed by atoms with Gasteiger partial charge in [-0.1, -0.05) is 30.7 Å². The summed E-state index contributed by atoms with van der Waals surface area (Å²) in [4.78, 5) is 12.1. The van der Waals surface area contributed by atoms with Crippen LogP contribution in [0.5, 0.6) is 0 Å². The maximum atomic E-state index is 12.1. The topological polar surface area (TPSA) is 49.3 Å². The van der Waals surface area contributed by atoms with Gasteiger partial charge in [0.1, 0.15) is 6.61 Å². The van der Waals surface area contributed by atoms with Gasteiger partial charge in [0.05, 0.1) is 0 Å². The number of hydrogen-bond donors (Lipinski definition) is 2. The molecule has 1 aliphatic rings. The van der Waals surface area contributed by atoms with Crippen LogP contribution in [0.1, 0.15) is 47.2 Å². The van der Waals surface area contributed by atoms with E-state index in [1.165, 1.54) is 19.3 Å². The van der Waals surface area contributed by atoms with Crippen molar-refractivity contribution in [1.82, 2.24) is 5.32 Å². The highest BCUT2D eigenvalue weighted by molar-refractivity contribution is 5.96. The van der Waals surface area contributed by atoms with Crippen molar-refractivity contribution < 1.29 is 9.90 Å². The van der Waals surface area contributed by atoms with Gasteiger partial charge in [0.15, 0.2) is 0 Å². The summed E-state index contributed by atoms with van der Waals surface area (Å²) in [6.07, 6.45) is 5.00. The maximum absolute atomic E-state index is 12.1. The third-order valence-corrected chi connectivity index (χ3v) is 3.57. The van der Waals surface area contributed by atoms with Crippen molar-refractivity contribution in [1.29, 1.82) is 0 Å². The van der Waals surface area contributed by atoms with Gasteiger partial charge in [-0.3, -0.25) is 4.79 Å². The van der Waals surface area contributed by atoms with Crippen molar-refractivity contribution in [3.63, 3.8) is 0 Å². The molecule has 2 N–H and O–H groups in total. The number of nitrogens with one attached hydrogen (secondary N) is 1. The van der Waals surface area contributed by atoms with Crippen molar-refractivity contribution in [3.05, 3.63) is 34.9 Å². The van der Waals surface area contributed by atoms with E-state index in [0.717, 1.165) is 30.0 Å². The highest BCUT2D eigenvalue weighted by atomic mass is 16.2. The van der Waals surface area contributed by atoms with E-state index in [2.05, 4.69) is 17.2 Å². The van der Waals surface area contributed by atoms with Crippen LogP contribution < -0.4 is 5.32 Å². The minimum Gasteiger partial charge on any atom is -0.384 e. The SMILES string of the molecule is Cc1ccc(C#CCO)cc1C(=O)NCCCC1CC1. The Labute approximate surface area is 120 Å². The highest BCUT2D eigenvalue weighted by Crippen LogP contribution is 2.33. The van der Waals surface area contributed by atoms with Crippen LogP contribution in [0.15, 0.2) is 18.2 Å². The van der Waals surface area contributed by atoms with Crippen LogP contribution in [-0.2, 0) is 0 Å². The van der Waals surface area contributed by atoms with Gasteiger partial charge in [0, 0.05) is 17.7 Å². The molecule has 106 valence electrons. The van der Waals surface area contributed by atoms with E-state index in [1.54, 1.807) is 6.07 Å². The zero-order chi connectivity index (χ0) is 14.4. The first kappa shape index (κ1) is 14.6. The molecule has 0 atom stereocenters. The van der Waals surface area contributed by atoms with Crippen LogP contribution in [0.4, 0.5) is 0 Å². The summed E-state index contributed by atoms with van der Waals surface area (Å²) in [5, 5.41) is 11.7. The van der Waals surface area contributed by atoms with E-state index in [0.29, 0.717) is 5.56 Å². The minimum absolute atomic E-state index is 0.0362. The molecule has 3 heteroatoms. The van der Waals surface area contributed by atoms with Crippen molar-refractivity contribution in [2.45, 2.75) is 32.6 Å². The molecule has 0 unspecified atom stereocenters. The molecule has 1 amide bonds. The Morgan fingerprint density at radius 3 is 2.95 bits per heavy atom. The number of amides is 1. The molecule has 0 radical (unpaired) electrons. The summed E-state index contributed by atoms with van der Waals surface area (Å²) >= 11 is 0. The molecule has 1 aromatic rings. The largest absolute Gasteiger partial charge is 0.384 e. The zero-order valence-electron chi connectivity index (χ0n) is 11.9. The predicted octanol–water partition coefficient (Wildman–Crippen LogP) is 2.26. The summed E-state index contributed by atoms with van der Waals surface area (Å²) in [6, 6.07) is 5.54. The number of carbonyl (C=O) groups is 1. The summed E-state index contributed by atoms with van der Waals surface area (Å²) in [7, 11) is 0. The van der Waals surface area contributed by atoms with E-state index < -0.39 is 0 Å². The Hall–Kier alpha value is -1.79. The normalized spacial score (nSPS) is 13.5. The third kappa shape index (κ3) is 4.40. The molecule has 3 nitrogen and oxygen atoms in total. The predicted molar refractivity (Wildman–Crippen MR) is 79.4 cm³/mol. The van der Waals surface area contributed by atoms with Crippen molar-refractivity contribution in [3.8, 4) is 11.8 Å². The first-order valence-electron chi connectivity index (χ1n) is 7.19. The van der Waals surface area contributed by atoms with Gasteiger partial charge in [-0.2, -0.15) is 0 Å². The molecule has 2 rings (SSSR count). The highest BCUT2D eigenvalue weighted by Gasteiger charge is 2.20. The fourth-order valence-corrected chi connectivity index (χ4v) is 2.18. The smallest absolute Gasteiger partial charge is 0.251 e. The van der Waals surface area contributed by atoms with E-state index in [4.69, 9.17) is 5.11 Å². The number of carbonyl (C=O) groups excluding carboxylic acids is 1. The maximum Gasteiger partial charge on any atom is 0.251 e. The lowest BCUT2D eigenvalue weighted by Gasteiger charge is -2.08. The number of rotatable bonds is 5. The Bertz CT molecular complexity index is 536. The molecule has 0 saturated heterocycles. The van der Waals surface area contributed by atoms with Gasteiger partial charge < -0.3 is 10.4 Å². The number of benzene rings is 1. The number of aryl methyl sites for hydroxylation is 1. The Kier molecular flexibility index (Phi) is 5.20. The summed E-state index contributed by atoms with van der Waals surface area (Å²) < 4.78 is 0. The van der Waals surface area contributed by atoms with Gasteiger partial charge in [0.25, 0.3) is 5.91 Å². The number of hydrogen-bond acceptors (Lipinski definition) is 2. The summed E-state index contributed by atoms with van der Waals surface area (Å²) in [5.74, 6) is 6.29. The Morgan fingerprint density at radius 2 is 2.25 bits per heavy atom. The summed E-state index contributed by atoms with van der Waals surface area (Å²) in [6.45, 7) is 2.49. The van der Waals surface area contributed by atoms with Crippen molar-refractivity contribution >= 4 is 5.91 Å². The molecule has 1 fully saturated rings. The van der Waals surface area contributed by atoms with E-state index >= 15 is 0 Å². The quantitative estimate of drug-likeness (QED) is 0.637. The van der Waals surface area contributed by atoms with Crippen LogP contribution in [-0.4, -0.2) is 24.2 Å². The Morgan fingerprint density at radius 1 is 1.45 bits per heavy atom. The van der Waals surface area contributed by atoms with Gasteiger partial charge in [-0.05, 0) is 43.4 Å². The molecule has 0 heterocycles. The molecular formula is C17H21NO2. The molecule has 0 aromatic heterocycles. The van der Waals surface area contributed by atoms with Crippen LogP contribution in [0.25, 0.3) is 0 Å².